The second kappa shape index (κ2) is 6.68. The van der Waals surface area contributed by atoms with Gasteiger partial charge in [0.15, 0.2) is 9.84 Å². The zero-order valence-electron chi connectivity index (χ0n) is 14.5. The Bertz CT molecular complexity index is 1020. The van der Waals surface area contributed by atoms with Crippen molar-refractivity contribution in [2.24, 2.45) is 0 Å². The van der Waals surface area contributed by atoms with Crippen LogP contribution in [0.4, 0.5) is 5.69 Å². The highest BCUT2D eigenvalue weighted by Gasteiger charge is 2.45. The van der Waals surface area contributed by atoms with Gasteiger partial charge in [-0.15, -0.1) is 0 Å². The van der Waals surface area contributed by atoms with Crippen molar-refractivity contribution in [2.45, 2.75) is 30.9 Å². The summed E-state index contributed by atoms with van der Waals surface area (Å²) >= 11 is 0. The molecule has 2 aromatic rings. The maximum absolute atomic E-state index is 13.4. The first kappa shape index (κ1) is 18.9. The zero-order valence-corrected chi connectivity index (χ0v) is 16.2. The molecule has 0 unspecified atom stereocenters. The van der Waals surface area contributed by atoms with Crippen molar-refractivity contribution in [3.8, 4) is 0 Å². The van der Waals surface area contributed by atoms with Gasteiger partial charge in [-0.2, -0.15) is 0 Å². The van der Waals surface area contributed by atoms with Gasteiger partial charge in [-0.25, -0.2) is 16.8 Å². The lowest BCUT2D eigenvalue weighted by Crippen LogP contribution is -2.47. The highest BCUT2D eigenvalue weighted by atomic mass is 32.2. The number of aliphatic hydroxyl groups is 1. The molecule has 8 heteroatoms. The van der Waals surface area contributed by atoms with Crippen molar-refractivity contribution in [3.63, 3.8) is 0 Å². The second-order valence-electron chi connectivity index (χ2n) is 6.59. The Labute approximate surface area is 154 Å². The van der Waals surface area contributed by atoms with Crippen LogP contribution in [0, 0.1) is 13.8 Å². The smallest absolute Gasteiger partial charge is 0.264 e. The molecule has 1 fully saturated rings. The van der Waals surface area contributed by atoms with Gasteiger partial charge < -0.3 is 5.11 Å². The van der Waals surface area contributed by atoms with E-state index < -0.39 is 43.5 Å². The molecule has 26 heavy (non-hydrogen) atoms. The van der Waals surface area contributed by atoms with Crippen molar-refractivity contribution in [3.05, 3.63) is 59.7 Å². The summed E-state index contributed by atoms with van der Waals surface area (Å²) in [5.41, 5.74) is 2.10. The average molecular weight is 396 g/mol. The van der Waals surface area contributed by atoms with Gasteiger partial charge in [0.2, 0.25) is 0 Å². The summed E-state index contributed by atoms with van der Waals surface area (Å²) in [5.74, 6) is -0.851. The monoisotopic (exact) mass is 395 g/mol. The van der Waals surface area contributed by atoms with Crippen LogP contribution in [-0.4, -0.2) is 45.6 Å². The van der Waals surface area contributed by atoms with Gasteiger partial charge in [-0.05, 0) is 49.2 Å². The van der Waals surface area contributed by atoms with Crippen LogP contribution >= 0.6 is 0 Å². The maximum Gasteiger partial charge on any atom is 0.264 e. The zero-order chi connectivity index (χ0) is 19.1. The van der Waals surface area contributed by atoms with E-state index in [-0.39, 0.29) is 4.90 Å². The lowest BCUT2D eigenvalue weighted by molar-refractivity contribution is 0.184. The Kier molecular flexibility index (Phi) is 4.85. The molecular weight excluding hydrogens is 374 g/mol. The Balaban J connectivity index is 2.16. The van der Waals surface area contributed by atoms with E-state index in [4.69, 9.17) is 0 Å². The molecule has 0 amide bonds. The molecular formula is C18H21NO5S2. The first-order valence-electron chi connectivity index (χ1n) is 8.17. The summed E-state index contributed by atoms with van der Waals surface area (Å²) in [6.45, 7) is 3.70. The van der Waals surface area contributed by atoms with E-state index in [1.54, 1.807) is 42.5 Å². The second-order valence-corrected chi connectivity index (χ2v) is 10.6. The van der Waals surface area contributed by atoms with E-state index in [1.165, 1.54) is 6.07 Å². The topological polar surface area (TPSA) is 91.8 Å². The summed E-state index contributed by atoms with van der Waals surface area (Å²) in [6, 6.07) is 12.0. The number of sulfone groups is 1. The third kappa shape index (κ3) is 3.49. The molecule has 0 spiro atoms. The molecule has 3 rings (SSSR count). The molecule has 1 aliphatic heterocycles. The Hall–Kier alpha value is -1.90. The van der Waals surface area contributed by atoms with Gasteiger partial charge in [0, 0.05) is 0 Å². The summed E-state index contributed by atoms with van der Waals surface area (Å²) in [6.07, 6.45) is -1.28. The van der Waals surface area contributed by atoms with Crippen molar-refractivity contribution in [1.82, 2.24) is 0 Å². The molecule has 140 valence electrons. The van der Waals surface area contributed by atoms with E-state index in [0.717, 1.165) is 15.4 Å². The largest absolute Gasteiger partial charge is 0.390 e. The van der Waals surface area contributed by atoms with Crippen LogP contribution in [0.3, 0.4) is 0 Å². The van der Waals surface area contributed by atoms with Crippen molar-refractivity contribution < 1.29 is 21.9 Å². The van der Waals surface area contributed by atoms with Crippen LogP contribution in [0.1, 0.15) is 11.1 Å². The van der Waals surface area contributed by atoms with E-state index in [9.17, 15) is 21.9 Å². The number of aryl methyl sites for hydroxylation is 2. The number of rotatable bonds is 4. The highest BCUT2D eigenvalue weighted by Crippen LogP contribution is 2.31. The van der Waals surface area contributed by atoms with Crippen LogP contribution < -0.4 is 4.31 Å². The highest BCUT2D eigenvalue weighted by molar-refractivity contribution is 7.93. The fourth-order valence-corrected chi connectivity index (χ4v) is 6.73. The molecule has 0 radical (unpaired) electrons. The fourth-order valence-electron chi connectivity index (χ4n) is 3.11. The van der Waals surface area contributed by atoms with Crippen LogP contribution in [0.15, 0.2) is 53.4 Å². The molecule has 6 nitrogen and oxygen atoms in total. The third-order valence-electron chi connectivity index (χ3n) is 4.64. The molecule has 0 aliphatic carbocycles. The van der Waals surface area contributed by atoms with Crippen molar-refractivity contribution in [2.75, 3.05) is 15.8 Å². The predicted octanol–water partition coefficient (Wildman–Crippen LogP) is 1.66. The number of hydrogen-bond acceptors (Lipinski definition) is 5. The summed E-state index contributed by atoms with van der Waals surface area (Å²) < 4.78 is 51.7. The molecule has 1 N–H and O–H groups in total. The minimum Gasteiger partial charge on any atom is -0.390 e. The minimum atomic E-state index is -4.05. The van der Waals surface area contributed by atoms with Gasteiger partial charge >= 0.3 is 0 Å². The lowest BCUT2D eigenvalue weighted by atomic mass is 10.1. The Morgan fingerprint density at radius 1 is 1.00 bits per heavy atom. The molecule has 2 atom stereocenters. The number of hydrogen-bond donors (Lipinski definition) is 1. The van der Waals surface area contributed by atoms with Crippen LogP contribution in [0.2, 0.25) is 0 Å². The van der Waals surface area contributed by atoms with Crippen molar-refractivity contribution >= 4 is 25.5 Å². The Morgan fingerprint density at radius 2 is 1.65 bits per heavy atom. The van der Waals surface area contributed by atoms with Gasteiger partial charge in [-0.1, -0.05) is 24.3 Å². The number of para-hydroxylation sites is 1. The van der Waals surface area contributed by atoms with Gasteiger partial charge in [0.25, 0.3) is 10.0 Å². The standard InChI is InChI=1S/C18H21NO5S2/c1-13-8-9-16(10-14(13)2)26(23,24)19(15-6-4-3-5-7-15)17-11-25(21,22)12-18(17)20/h3-10,17-18,20H,11-12H2,1-2H3/t17-,18+/m0/s1. The molecule has 1 saturated heterocycles. The van der Waals surface area contributed by atoms with Gasteiger partial charge in [0.1, 0.15) is 0 Å². The fraction of sp³-hybridized carbons (Fsp3) is 0.333. The summed E-state index contributed by atoms with van der Waals surface area (Å²) in [5, 5.41) is 10.3. The predicted molar refractivity (Wildman–Crippen MR) is 100 cm³/mol. The number of aliphatic hydroxyl groups excluding tert-OH is 1. The van der Waals surface area contributed by atoms with Crippen LogP contribution in [0.25, 0.3) is 0 Å². The Morgan fingerprint density at radius 3 is 2.19 bits per heavy atom. The quantitative estimate of drug-likeness (QED) is 0.850. The minimum absolute atomic E-state index is 0.0703. The first-order valence-corrected chi connectivity index (χ1v) is 11.4. The van der Waals surface area contributed by atoms with E-state index >= 15 is 0 Å². The van der Waals surface area contributed by atoms with E-state index in [0.29, 0.717) is 5.69 Å². The molecule has 1 aliphatic rings. The number of benzene rings is 2. The normalized spacial score (nSPS) is 22.3. The van der Waals surface area contributed by atoms with Crippen molar-refractivity contribution in [1.29, 1.82) is 0 Å². The molecule has 0 bridgehead atoms. The average Bonchev–Trinajstić information content (AvgIpc) is 2.83. The van der Waals surface area contributed by atoms with Crippen LogP contribution in [0.5, 0.6) is 0 Å². The van der Waals surface area contributed by atoms with Crippen LogP contribution in [-0.2, 0) is 19.9 Å². The number of anilines is 1. The number of sulfonamides is 1. The summed E-state index contributed by atoms with van der Waals surface area (Å²) in [4.78, 5) is 0.0703. The SMILES string of the molecule is Cc1ccc(S(=O)(=O)N(c2ccccc2)[C@H]2CS(=O)(=O)C[C@H]2O)cc1C. The van der Waals surface area contributed by atoms with Gasteiger partial charge in [0.05, 0.1) is 34.2 Å². The van der Waals surface area contributed by atoms with Gasteiger partial charge in [-0.3, -0.25) is 4.31 Å². The molecule has 0 aromatic heterocycles. The maximum atomic E-state index is 13.4. The molecule has 1 heterocycles. The summed E-state index contributed by atoms with van der Waals surface area (Å²) in [7, 11) is -7.56. The van der Waals surface area contributed by atoms with E-state index in [1.807, 2.05) is 13.8 Å². The molecule has 0 saturated carbocycles. The number of nitrogens with zero attached hydrogens (tertiary/aromatic N) is 1. The lowest BCUT2D eigenvalue weighted by Gasteiger charge is -2.31. The first-order chi connectivity index (χ1) is 12.1. The molecule has 2 aromatic carbocycles. The third-order valence-corrected chi connectivity index (χ3v) is 8.19. The van der Waals surface area contributed by atoms with E-state index in [2.05, 4.69) is 0 Å².